The SMILES string of the molecule is CN(C)c1ccc(Cc2cccc(CC(=O)Cl)c2)cc1. The van der Waals surface area contributed by atoms with Crippen LogP contribution in [-0.2, 0) is 17.6 Å². The second-order valence-electron chi connectivity index (χ2n) is 5.09. The lowest BCUT2D eigenvalue weighted by atomic mass is 10.0. The molecule has 0 N–H and O–H groups in total. The summed E-state index contributed by atoms with van der Waals surface area (Å²) in [5.74, 6) is 0. The van der Waals surface area contributed by atoms with E-state index in [1.165, 1.54) is 16.8 Å². The Bertz CT molecular complexity index is 590. The molecule has 0 aliphatic rings. The van der Waals surface area contributed by atoms with Crippen LogP contribution in [0.25, 0.3) is 0 Å². The zero-order valence-electron chi connectivity index (χ0n) is 11.8. The first-order chi connectivity index (χ1) is 9.54. The van der Waals surface area contributed by atoms with Crippen LogP contribution < -0.4 is 4.90 Å². The van der Waals surface area contributed by atoms with Gasteiger partial charge >= 0.3 is 0 Å². The molecule has 2 nitrogen and oxygen atoms in total. The molecule has 0 heterocycles. The maximum absolute atomic E-state index is 10.9. The zero-order chi connectivity index (χ0) is 14.5. The van der Waals surface area contributed by atoms with Crippen molar-refractivity contribution < 1.29 is 4.79 Å². The number of benzene rings is 2. The molecule has 3 heteroatoms. The third-order valence-electron chi connectivity index (χ3n) is 3.20. The summed E-state index contributed by atoms with van der Waals surface area (Å²) in [5, 5.41) is -0.322. The normalized spacial score (nSPS) is 10.3. The molecule has 0 unspecified atom stereocenters. The molecular weight excluding hydrogens is 270 g/mol. The van der Waals surface area contributed by atoms with Crippen LogP contribution in [0.5, 0.6) is 0 Å². The van der Waals surface area contributed by atoms with Crippen molar-refractivity contribution >= 4 is 22.5 Å². The molecule has 0 radical (unpaired) electrons. The Kier molecular flexibility index (Phi) is 4.80. The number of carbonyl (C=O) groups is 1. The summed E-state index contributed by atoms with van der Waals surface area (Å²) in [6, 6.07) is 16.5. The highest BCUT2D eigenvalue weighted by atomic mass is 35.5. The number of rotatable bonds is 5. The van der Waals surface area contributed by atoms with E-state index < -0.39 is 0 Å². The minimum atomic E-state index is -0.322. The second-order valence-corrected chi connectivity index (χ2v) is 5.51. The predicted octanol–water partition coefficient (Wildman–Crippen LogP) is 3.65. The molecule has 0 aliphatic heterocycles. The van der Waals surface area contributed by atoms with E-state index >= 15 is 0 Å². The van der Waals surface area contributed by atoms with Gasteiger partial charge < -0.3 is 4.90 Å². The van der Waals surface area contributed by atoms with Gasteiger partial charge in [-0.1, -0.05) is 36.4 Å². The molecule has 0 aromatic heterocycles. The third kappa shape index (κ3) is 4.10. The molecule has 0 spiro atoms. The first-order valence-electron chi connectivity index (χ1n) is 6.57. The Labute approximate surface area is 125 Å². The smallest absolute Gasteiger partial charge is 0.226 e. The minimum absolute atomic E-state index is 0.287. The van der Waals surface area contributed by atoms with Gasteiger partial charge in [-0.3, -0.25) is 4.79 Å². The second kappa shape index (κ2) is 6.58. The summed E-state index contributed by atoms with van der Waals surface area (Å²) in [6.45, 7) is 0. The lowest BCUT2D eigenvalue weighted by Gasteiger charge is -2.12. The quantitative estimate of drug-likeness (QED) is 0.783. The summed E-state index contributed by atoms with van der Waals surface area (Å²) in [7, 11) is 4.06. The fourth-order valence-corrected chi connectivity index (χ4v) is 2.31. The van der Waals surface area contributed by atoms with Gasteiger partial charge in [-0.2, -0.15) is 0 Å². The Morgan fingerprint density at radius 2 is 1.65 bits per heavy atom. The van der Waals surface area contributed by atoms with Crippen LogP contribution in [0.2, 0.25) is 0 Å². The fraction of sp³-hybridized carbons (Fsp3) is 0.235. The van der Waals surface area contributed by atoms with Gasteiger partial charge in [0.1, 0.15) is 0 Å². The lowest BCUT2D eigenvalue weighted by molar-refractivity contribution is -0.111. The zero-order valence-corrected chi connectivity index (χ0v) is 12.5. The van der Waals surface area contributed by atoms with E-state index in [1.54, 1.807) is 0 Å². The molecule has 2 aromatic carbocycles. The predicted molar refractivity (Wildman–Crippen MR) is 84.6 cm³/mol. The first-order valence-corrected chi connectivity index (χ1v) is 6.95. The van der Waals surface area contributed by atoms with Crippen molar-refractivity contribution in [1.29, 1.82) is 0 Å². The van der Waals surface area contributed by atoms with E-state index in [4.69, 9.17) is 11.6 Å². The highest BCUT2D eigenvalue weighted by Gasteiger charge is 2.02. The minimum Gasteiger partial charge on any atom is -0.378 e. The van der Waals surface area contributed by atoms with Gasteiger partial charge in [0.05, 0.1) is 0 Å². The van der Waals surface area contributed by atoms with Crippen LogP contribution in [0.15, 0.2) is 48.5 Å². The maximum atomic E-state index is 10.9. The fourth-order valence-electron chi connectivity index (χ4n) is 2.16. The monoisotopic (exact) mass is 287 g/mol. The molecular formula is C17H18ClNO. The van der Waals surface area contributed by atoms with E-state index in [1.807, 2.05) is 32.3 Å². The molecule has 0 fully saturated rings. The summed E-state index contributed by atoms with van der Waals surface area (Å²) in [6.07, 6.45) is 1.15. The summed E-state index contributed by atoms with van der Waals surface area (Å²) in [4.78, 5) is 13.0. The van der Waals surface area contributed by atoms with E-state index in [9.17, 15) is 4.79 Å². The number of hydrogen-bond donors (Lipinski definition) is 0. The highest BCUT2D eigenvalue weighted by molar-refractivity contribution is 6.63. The van der Waals surface area contributed by atoms with E-state index in [0.717, 1.165) is 12.0 Å². The number of anilines is 1. The molecule has 0 bridgehead atoms. The molecule has 20 heavy (non-hydrogen) atoms. The summed E-state index contributed by atoms with van der Waals surface area (Å²) in [5.41, 5.74) is 4.60. The first kappa shape index (κ1) is 14.6. The Balaban J connectivity index is 2.11. The van der Waals surface area contributed by atoms with E-state index in [-0.39, 0.29) is 11.7 Å². The highest BCUT2D eigenvalue weighted by Crippen LogP contribution is 2.16. The van der Waals surface area contributed by atoms with E-state index in [0.29, 0.717) is 0 Å². The van der Waals surface area contributed by atoms with Crippen LogP contribution >= 0.6 is 11.6 Å². The van der Waals surface area contributed by atoms with Crippen LogP contribution in [-0.4, -0.2) is 19.3 Å². The molecule has 2 aromatic rings. The van der Waals surface area contributed by atoms with Gasteiger partial charge in [0, 0.05) is 26.2 Å². The molecule has 0 atom stereocenters. The maximum Gasteiger partial charge on any atom is 0.226 e. The topological polar surface area (TPSA) is 20.3 Å². The average molecular weight is 288 g/mol. The van der Waals surface area contributed by atoms with Crippen LogP contribution in [0.3, 0.4) is 0 Å². The van der Waals surface area contributed by atoms with Crippen molar-refractivity contribution in [2.24, 2.45) is 0 Å². The Morgan fingerprint density at radius 1 is 1.00 bits per heavy atom. The lowest BCUT2D eigenvalue weighted by Crippen LogP contribution is -2.08. The summed E-state index contributed by atoms with van der Waals surface area (Å²) >= 11 is 5.43. The molecule has 0 saturated heterocycles. The van der Waals surface area contributed by atoms with Crippen molar-refractivity contribution in [3.8, 4) is 0 Å². The molecule has 0 amide bonds. The van der Waals surface area contributed by atoms with E-state index in [2.05, 4.69) is 35.2 Å². The molecule has 0 saturated carbocycles. The van der Waals surface area contributed by atoms with Crippen molar-refractivity contribution in [3.05, 3.63) is 65.2 Å². The number of carbonyl (C=O) groups excluding carboxylic acids is 1. The van der Waals surface area contributed by atoms with Gasteiger partial charge in [-0.15, -0.1) is 0 Å². The number of hydrogen-bond acceptors (Lipinski definition) is 2. The molecule has 0 aliphatic carbocycles. The van der Waals surface area contributed by atoms with Gasteiger partial charge in [0.2, 0.25) is 5.24 Å². The molecule has 104 valence electrons. The average Bonchev–Trinajstić information content (AvgIpc) is 2.39. The largest absolute Gasteiger partial charge is 0.378 e. The van der Waals surface area contributed by atoms with Gasteiger partial charge in [-0.05, 0) is 46.8 Å². The standard InChI is InChI=1S/C17H18ClNO/c1-19(2)16-8-6-13(7-9-16)10-14-4-3-5-15(11-14)12-17(18)20/h3-9,11H,10,12H2,1-2H3. The Morgan fingerprint density at radius 3 is 2.25 bits per heavy atom. The van der Waals surface area contributed by atoms with Gasteiger partial charge in [0.15, 0.2) is 0 Å². The van der Waals surface area contributed by atoms with Crippen molar-refractivity contribution in [3.63, 3.8) is 0 Å². The molecule has 2 rings (SSSR count). The van der Waals surface area contributed by atoms with Gasteiger partial charge in [0.25, 0.3) is 0 Å². The van der Waals surface area contributed by atoms with Crippen LogP contribution in [0.4, 0.5) is 5.69 Å². The van der Waals surface area contributed by atoms with Crippen molar-refractivity contribution in [2.75, 3.05) is 19.0 Å². The van der Waals surface area contributed by atoms with Crippen LogP contribution in [0.1, 0.15) is 16.7 Å². The number of nitrogens with zero attached hydrogens (tertiary/aromatic N) is 1. The van der Waals surface area contributed by atoms with Crippen molar-refractivity contribution in [2.45, 2.75) is 12.8 Å². The summed E-state index contributed by atoms with van der Waals surface area (Å²) < 4.78 is 0. The van der Waals surface area contributed by atoms with Gasteiger partial charge in [-0.25, -0.2) is 0 Å². The van der Waals surface area contributed by atoms with Crippen LogP contribution in [0, 0.1) is 0 Å². The third-order valence-corrected chi connectivity index (χ3v) is 3.33. The number of halogens is 1. The van der Waals surface area contributed by atoms with Crippen molar-refractivity contribution in [1.82, 2.24) is 0 Å². The Hall–Kier alpha value is -1.80.